The maximum absolute atomic E-state index is 12.5. The number of hydrogen-bond acceptors (Lipinski definition) is 3. The molecule has 4 nitrogen and oxygen atoms in total. The summed E-state index contributed by atoms with van der Waals surface area (Å²) in [6, 6.07) is 6.78. The van der Waals surface area contributed by atoms with Gasteiger partial charge in [-0.2, -0.15) is 0 Å². The molecule has 132 valence electrons. The molecule has 0 atom stereocenters. The summed E-state index contributed by atoms with van der Waals surface area (Å²) < 4.78 is 0. The molecule has 0 aromatic heterocycles. The molecule has 2 aliphatic rings. The molecule has 1 aromatic carbocycles. The van der Waals surface area contributed by atoms with Gasteiger partial charge in [-0.3, -0.25) is 4.79 Å². The molecule has 0 radical (unpaired) electrons. The molecule has 0 spiro atoms. The Bertz CT molecular complexity index is 560. The number of rotatable bonds is 5. The number of amides is 1. The molecule has 1 amide bonds. The summed E-state index contributed by atoms with van der Waals surface area (Å²) in [6.07, 6.45) is 10.0. The van der Waals surface area contributed by atoms with Gasteiger partial charge in [-0.25, -0.2) is 0 Å². The second kappa shape index (κ2) is 7.91. The van der Waals surface area contributed by atoms with E-state index in [0.29, 0.717) is 12.5 Å². The van der Waals surface area contributed by atoms with Gasteiger partial charge in [0.25, 0.3) is 0 Å². The van der Waals surface area contributed by atoms with Gasteiger partial charge in [-0.1, -0.05) is 25.3 Å². The van der Waals surface area contributed by atoms with Gasteiger partial charge in [0.1, 0.15) is 0 Å². The molecule has 1 aliphatic heterocycles. The fourth-order valence-corrected chi connectivity index (χ4v) is 4.11. The van der Waals surface area contributed by atoms with Crippen LogP contribution in [0, 0.1) is 0 Å². The maximum atomic E-state index is 12.5. The first-order chi connectivity index (χ1) is 11.6. The topological polar surface area (TPSA) is 49.6 Å². The van der Waals surface area contributed by atoms with Crippen molar-refractivity contribution < 1.29 is 4.79 Å². The van der Waals surface area contributed by atoms with E-state index in [1.165, 1.54) is 50.5 Å². The monoisotopic (exact) mass is 329 g/mol. The van der Waals surface area contributed by atoms with Crippen LogP contribution in [-0.4, -0.2) is 37.0 Å². The Morgan fingerprint density at radius 3 is 2.54 bits per heavy atom. The zero-order valence-electron chi connectivity index (χ0n) is 15.0. The summed E-state index contributed by atoms with van der Waals surface area (Å²) in [7, 11) is 1.98. The Balaban J connectivity index is 1.54. The number of carbonyl (C=O) groups is 1. The summed E-state index contributed by atoms with van der Waals surface area (Å²) in [4.78, 5) is 16.8. The number of carbonyl (C=O) groups excluding carboxylic acids is 1. The number of nitrogen functional groups attached to an aromatic ring is 1. The number of aryl methyl sites for hydroxylation is 1. The standard InChI is InChI=1S/C20H31N3O/c1-22(17-7-3-2-4-8-17)20(24)12-10-16-9-11-19(18(21)15-16)23-13-5-6-14-23/h9,11,15,17H,2-8,10,12-14,21H2,1H3. The molecule has 1 aromatic rings. The number of nitrogens with two attached hydrogens (primary N) is 1. The van der Waals surface area contributed by atoms with Crippen LogP contribution in [0.15, 0.2) is 18.2 Å². The molecule has 1 saturated heterocycles. The van der Waals surface area contributed by atoms with Gasteiger partial charge in [0, 0.05) is 32.6 Å². The predicted octanol–water partition coefficient (Wildman–Crippen LogP) is 3.59. The van der Waals surface area contributed by atoms with Crippen LogP contribution in [0.2, 0.25) is 0 Å². The molecule has 4 heteroatoms. The van der Waals surface area contributed by atoms with Crippen molar-refractivity contribution in [3.05, 3.63) is 23.8 Å². The molecule has 24 heavy (non-hydrogen) atoms. The normalized spacial score (nSPS) is 18.8. The maximum Gasteiger partial charge on any atom is 0.222 e. The fourth-order valence-electron chi connectivity index (χ4n) is 4.11. The Kier molecular flexibility index (Phi) is 5.64. The highest BCUT2D eigenvalue weighted by molar-refractivity contribution is 5.77. The lowest BCUT2D eigenvalue weighted by atomic mass is 9.94. The quantitative estimate of drug-likeness (QED) is 0.840. The van der Waals surface area contributed by atoms with Crippen molar-refractivity contribution >= 4 is 17.3 Å². The van der Waals surface area contributed by atoms with E-state index in [2.05, 4.69) is 23.1 Å². The van der Waals surface area contributed by atoms with Crippen molar-refractivity contribution in [1.29, 1.82) is 0 Å². The van der Waals surface area contributed by atoms with E-state index >= 15 is 0 Å². The molecule has 1 aliphatic carbocycles. The molecule has 0 unspecified atom stereocenters. The SMILES string of the molecule is CN(C(=O)CCc1ccc(N2CCCC2)c(N)c1)C1CCCCC1. The first kappa shape index (κ1) is 17.1. The summed E-state index contributed by atoms with van der Waals surface area (Å²) >= 11 is 0. The summed E-state index contributed by atoms with van der Waals surface area (Å²) in [5.74, 6) is 0.268. The zero-order valence-corrected chi connectivity index (χ0v) is 15.0. The van der Waals surface area contributed by atoms with Gasteiger partial charge in [0.15, 0.2) is 0 Å². The first-order valence-corrected chi connectivity index (χ1v) is 9.54. The van der Waals surface area contributed by atoms with Gasteiger partial charge in [-0.05, 0) is 49.8 Å². The lowest BCUT2D eigenvalue weighted by Gasteiger charge is -2.31. The average Bonchev–Trinajstić information content (AvgIpc) is 3.14. The van der Waals surface area contributed by atoms with Crippen molar-refractivity contribution in [2.24, 2.45) is 0 Å². The molecule has 1 heterocycles. The van der Waals surface area contributed by atoms with Crippen LogP contribution in [0.5, 0.6) is 0 Å². The molecular formula is C20H31N3O. The first-order valence-electron chi connectivity index (χ1n) is 9.54. The third-order valence-electron chi connectivity index (χ3n) is 5.68. The largest absolute Gasteiger partial charge is 0.397 e. The van der Waals surface area contributed by atoms with Crippen LogP contribution >= 0.6 is 0 Å². The highest BCUT2D eigenvalue weighted by Gasteiger charge is 2.22. The van der Waals surface area contributed by atoms with Crippen LogP contribution in [0.4, 0.5) is 11.4 Å². The van der Waals surface area contributed by atoms with Crippen molar-refractivity contribution in [2.45, 2.75) is 63.8 Å². The van der Waals surface area contributed by atoms with E-state index in [1.54, 1.807) is 0 Å². The summed E-state index contributed by atoms with van der Waals surface area (Å²) in [5.41, 5.74) is 9.42. The zero-order chi connectivity index (χ0) is 16.9. The van der Waals surface area contributed by atoms with Crippen molar-refractivity contribution in [2.75, 3.05) is 30.8 Å². The van der Waals surface area contributed by atoms with E-state index in [4.69, 9.17) is 5.73 Å². The highest BCUT2D eigenvalue weighted by Crippen LogP contribution is 2.28. The molecule has 3 rings (SSSR count). The van der Waals surface area contributed by atoms with E-state index < -0.39 is 0 Å². The predicted molar refractivity (Wildman–Crippen MR) is 100 cm³/mol. The number of benzene rings is 1. The van der Waals surface area contributed by atoms with Crippen molar-refractivity contribution in [3.8, 4) is 0 Å². The van der Waals surface area contributed by atoms with E-state index in [9.17, 15) is 4.79 Å². The van der Waals surface area contributed by atoms with Crippen molar-refractivity contribution in [1.82, 2.24) is 4.90 Å². The third kappa shape index (κ3) is 4.03. The second-order valence-corrected chi connectivity index (χ2v) is 7.38. The lowest BCUT2D eigenvalue weighted by Crippen LogP contribution is -2.38. The Morgan fingerprint density at radius 2 is 1.88 bits per heavy atom. The van der Waals surface area contributed by atoms with E-state index in [-0.39, 0.29) is 5.91 Å². The van der Waals surface area contributed by atoms with E-state index in [1.807, 2.05) is 11.9 Å². The third-order valence-corrected chi connectivity index (χ3v) is 5.68. The Hall–Kier alpha value is -1.71. The minimum absolute atomic E-state index is 0.268. The smallest absolute Gasteiger partial charge is 0.222 e. The number of hydrogen-bond donors (Lipinski definition) is 1. The van der Waals surface area contributed by atoms with Gasteiger partial charge in [0.05, 0.1) is 11.4 Å². The summed E-state index contributed by atoms with van der Waals surface area (Å²) in [5, 5.41) is 0. The van der Waals surface area contributed by atoms with Crippen LogP contribution in [0.25, 0.3) is 0 Å². The molecule has 1 saturated carbocycles. The van der Waals surface area contributed by atoms with Crippen LogP contribution in [0.1, 0.15) is 56.9 Å². The minimum atomic E-state index is 0.268. The Morgan fingerprint density at radius 1 is 1.17 bits per heavy atom. The van der Waals surface area contributed by atoms with Gasteiger partial charge < -0.3 is 15.5 Å². The van der Waals surface area contributed by atoms with Gasteiger partial charge in [-0.15, -0.1) is 0 Å². The molecule has 2 N–H and O–H groups in total. The van der Waals surface area contributed by atoms with Gasteiger partial charge >= 0.3 is 0 Å². The molecule has 0 bridgehead atoms. The lowest BCUT2D eigenvalue weighted by molar-refractivity contribution is -0.132. The van der Waals surface area contributed by atoms with Crippen LogP contribution in [-0.2, 0) is 11.2 Å². The van der Waals surface area contributed by atoms with Gasteiger partial charge in [0.2, 0.25) is 5.91 Å². The van der Waals surface area contributed by atoms with Crippen molar-refractivity contribution in [3.63, 3.8) is 0 Å². The molecular weight excluding hydrogens is 298 g/mol. The average molecular weight is 329 g/mol. The summed E-state index contributed by atoms with van der Waals surface area (Å²) in [6.45, 7) is 2.21. The van der Waals surface area contributed by atoms with E-state index in [0.717, 1.165) is 30.9 Å². The van der Waals surface area contributed by atoms with Crippen LogP contribution in [0.3, 0.4) is 0 Å². The fraction of sp³-hybridized carbons (Fsp3) is 0.650. The molecule has 2 fully saturated rings. The second-order valence-electron chi connectivity index (χ2n) is 7.38. The Labute approximate surface area is 146 Å². The number of anilines is 2. The highest BCUT2D eigenvalue weighted by atomic mass is 16.2. The van der Waals surface area contributed by atoms with Crippen LogP contribution < -0.4 is 10.6 Å². The number of nitrogens with zero attached hydrogens (tertiary/aromatic N) is 2. The minimum Gasteiger partial charge on any atom is -0.397 e.